The van der Waals surface area contributed by atoms with Gasteiger partial charge in [-0.15, -0.1) is 0 Å². The Kier molecular flexibility index (Phi) is 10.3. The molecule has 4 rings (SSSR count). The molecule has 0 aliphatic carbocycles. The number of carbonyl (C=O) groups excluding carboxylic acids is 1. The van der Waals surface area contributed by atoms with Crippen LogP contribution in [0.2, 0.25) is 5.02 Å². The van der Waals surface area contributed by atoms with Crippen LogP contribution in [0.4, 0.5) is 10.5 Å². The first-order valence-electron chi connectivity index (χ1n) is 13.0. The van der Waals surface area contributed by atoms with Crippen molar-refractivity contribution in [2.75, 3.05) is 66.5 Å². The van der Waals surface area contributed by atoms with Crippen LogP contribution in [-0.4, -0.2) is 77.0 Å². The molecule has 2 amide bonds. The van der Waals surface area contributed by atoms with Crippen molar-refractivity contribution in [3.8, 4) is 23.0 Å². The molecule has 1 aliphatic rings. The van der Waals surface area contributed by atoms with Crippen LogP contribution in [0.1, 0.15) is 17.2 Å². The van der Waals surface area contributed by atoms with Gasteiger partial charge < -0.3 is 33.9 Å². The number of piperazine rings is 1. The molecular formula is C30H36ClN3O6. The summed E-state index contributed by atoms with van der Waals surface area (Å²) >= 11 is 6.14. The van der Waals surface area contributed by atoms with Crippen molar-refractivity contribution in [2.45, 2.75) is 12.7 Å². The second-order valence-electron chi connectivity index (χ2n) is 9.33. The molecule has 0 radical (unpaired) electrons. The number of urea groups is 1. The molecule has 0 spiro atoms. The number of hydrogen-bond acceptors (Lipinski definition) is 7. The number of anilines is 1. The maximum atomic E-state index is 13.1. The zero-order valence-electron chi connectivity index (χ0n) is 23.3. The van der Waals surface area contributed by atoms with Crippen LogP contribution in [0.5, 0.6) is 23.0 Å². The number of methoxy groups -OCH3 is 4. The first kappa shape index (κ1) is 29.3. The van der Waals surface area contributed by atoms with Gasteiger partial charge in [0, 0.05) is 49.9 Å². The van der Waals surface area contributed by atoms with E-state index < -0.39 is 0 Å². The van der Waals surface area contributed by atoms with Gasteiger partial charge in [-0.05, 0) is 35.4 Å². The molecule has 1 atom stereocenters. The van der Waals surface area contributed by atoms with Gasteiger partial charge >= 0.3 is 6.03 Å². The number of ether oxygens (including phenoxy) is 5. The summed E-state index contributed by atoms with van der Waals surface area (Å²) in [6, 6.07) is 18.9. The van der Waals surface area contributed by atoms with E-state index in [4.69, 9.17) is 35.3 Å². The lowest BCUT2D eigenvalue weighted by atomic mass is 10.1. The van der Waals surface area contributed by atoms with Crippen LogP contribution in [0, 0.1) is 0 Å². The molecule has 3 aromatic carbocycles. The molecule has 0 unspecified atom stereocenters. The van der Waals surface area contributed by atoms with Crippen molar-refractivity contribution < 1.29 is 28.5 Å². The zero-order valence-corrected chi connectivity index (χ0v) is 24.1. The fourth-order valence-corrected chi connectivity index (χ4v) is 4.74. The summed E-state index contributed by atoms with van der Waals surface area (Å²) in [5.41, 5.74) is 2.65. The Morgan fingerprint density at radius 1 is 0.875 bits per heavy atom. The van der Waals surface area contributed by atoms with E-state index in [0.29, 0.717) is 54.2 Å². The van der Waals surface area contributed by atoms with Gasteiger partial charge in [0.05, 0.1) is 46.8 Å². The quantitative estimate of drug-likeness (QED) is 0.327. The largest absolute Gasteiger partial charge is 0.497 e. The molecule has 0 bridgehead atoms. The highest BCUT2D eigenvalue weighted by molar-refractivity contribution is 6.30. The van der Waals surface area contributed by atoms with Gasteiger partial charge in [0.15, 0.2) is 11.5 Å². The molecule has 1 fully saturated rings. The number of nitrogens with zero attached hydrogens (tertiary/aromatic N) is 2. The van der Waals surface area contributed by atoms with Crippen LogP contribution in [-0.2, 0) is 11.3 Å². The molecular weight excluding hydrogens is 534 g/mol. The van der Waals surface area contributed by atoms with Gasteiger partial charge in [0.25, 0.3) is 0 Å². The molecule has 40 heavy (non-hydrogen) atoms. The first-order valence-corrected chi connectivity index (χ1v) is 13.4. The predicted octanol–water partition coefficient (Wildman–Crippen LogP) is 5.48. The number of nitrogens with one attached hydrogen (secondary N) is 1. The maximum absolute atomic E-state index is 13.1. The van der Waals surface area contributed by atoms with E-state index in [9.17, 15) is 4.79 Å². The van der Waals surface area contributed by atoms with Crippen LogP contribution in [0.25, 0.3) is 0 Å². The normalized spacial score (nSPS) is 14.4. The van der Waals surface area contributed by atoms with Gasteiger partial charge in [0.1, 0.15) is 5.75 Å². The molecule has 9 nitrogen and oxygen atoms in total. The number of halogens is 1. The monoisotopic (exact) mass is 569 g/mol. The summed E-state index contributed by atoms with van der Waals surface area (Å²) in [6.45, 7) is 3.74. The van der Waals surface area contributed by atoms with Crippen molar-refractivity contribution in [3.63, 3.8) is 0 Å². The van der Waals surface area contributed by atoms with Crippen molar-refractivity contribution in [2.24, 2.45) is 0 Å². The minimum absolute atomic E-state index is 0.164. The summed E-state index contributed by atoms with van der Waals surface area (Å²) in [6.07, 6.45) is -0.164. The fraction of sp³-hybridized carbons (Fsp3) is 0.367. The molecule has 10 heteroatoms. The highest BCUT2D eigenvalue weighted by Gasteiger charge is 2.25. The van der Waals surface area contributed by atoms with E-state index in [2.05, 4.69) is 10.2 Å². The van der Waals surface area contributed by atoms with E-state index in [0.717, 1.165) is 30.0 Å². The summed E-state index contributed by atoms with van der Waals surface area (Å²) in [5, 5.41) is 3.63. The third-order valence-electron chi connectivity index (χ3n) is 6.83. The minimum Gasteiger partial charge on any atom is -0.497 e. The Morgan fingerprint density at radius 2 is 1.55 bits per heavy atom. The van der Waals surface area contributed by atoms with Crippen LogP contribution >= 0.6 is 11.6 Å². The fourth-order valence-electron chi connectivity index (χ4n) is 4.61. The van der Waals surface area contributed by atoms with Crippen LogP contribution in [0.3, 0.4) is 0 Å². The molecule has 214 valence electrons. The number of hydrogen-bond donors (Lipinski definition) is 1. The van der Waals surface area contributed by atoms with E-state index in [1.807, 2.05) is 48.5 Å². The van der Waals surface area contributed by atoms with E-state index in [1.54, 1.807) is 45.5 Å². The third-order valence-corrected chi connectivity index (χ3v) is 7.08. The van der Waals surface area contributed by atoms with E-state index in [-0.39, 0.29) is 12.1 Å². The average Bonchev–Trinajstić information content (AvgIpc) is 2.99. The average molecular weight is 570 g/mol. The highest BCUT2D eigenvalue weighted by Crippen LogP contribution is 2.40. The number of benzene rings is 3. The summed E-state index contributed by atoms with van der Waals surface area (Å²) < 4.78 is 27.9. The van der Waals surface area contributed by atoms with Gasteiger partial charge in [0.2, 0.25) is 5.75 Å². The van der Waals surface area contributed by atoms with Gasteiger partial charge in [-0.2, -0.15) is 0 Å². The number of rotatable bonds is 11. The van der Waals surface area contributed by atoms with Gasteiger partial charge in [-0.1, -0.05) is 35.9 Å². The van der Waals surface area contributed by atoms with Crippen LogP contribution < -0.4 is 24.3 Å². The summed E-state index contributed by atoms with van der Waals surface area (Å²) in [5.74, 6) is 2.22. The Labute approximate surface area is 240 Å². The number of carbonyl (C=O) groups is 1. The van der Waals surface area contributed by atoms with Crippen molar-refractivity contribution in [3.05, 3.63) is 76.8 Å². The maximum Gasteiger partial charge on any atom is 0.321 e. The molecule has 0 aromatic heterocycles. The summed E-state index contributed by atoms with van der Waals surface area (Å²) in [7, 11) is 6.28. The second-order valence-corrected chi connectivity index (χ2v) is 9.77. The summed E-state index contributed by atoms with van der Waals surface area (Å²) in [4.78, 5) is 17.2. The van der Waals surface area contributed by atoms with Gasteiger partial charge in [-0.3, -0.25) is 4.90 Å². The second kappa shape index (κ2) is 14.1. The predicted molar refractivity (Wildman–Crippen MR) is 155 cm³/mol. The Hall–Kier alpha value is -3.66. The third kappa shape index (κ3) is 7.50. The minimum atomic E-state index is -0.183. The smallest absolute Gasteiger partial charge is 0.321 e. The molecule has 1 heterocycles. The van der Waals surface area contributed by atoms with Crippen molar-refractivity contribution in [1.29, 1.82) is 0 Å². The Balaban J connectivity index is 1.37. The lowest BCUT2D eigenvalue weighted by molar-refractivity contribution is 0.00588. The first-order chi connectivity index (χ1) is 19.4. The van der Waals surface area contributed by atoms with E-state index >= 15 is 0 Å². The van der Waals surface area contributed by atoms with Crippen molar-refractivity contribution >= 4 is 23.3 Å². The standard InChI is InChI=1S/C30H36ClN3O6/c1-36-25-7-5-6-21(16-25)20-40-28(22-8-10-23(31)11-9-22)19-33-12-14-34(15-13-33)30(35)32-24-17-26(37-2)29(39-4)27(18-24)38-3/h5-11,16-18,28H,12-15,19-20H2,1-4H3,(H,32,35)/t28-/m1/s1. The van der Waals surface area contributed by atoms with Crippen LogP contribution in [0.15, 0.2) is 60.7 Å². The van der Waals surface area contributed by atoms with Gasteiger partial charge in [-0.25, -0.2) is 4.79 Å². The topological polar surface area (TPSA) is 81.7 Å². The molecule has 3 aromatic rings. The lowest BCUT2D eigenvalue weighted by Gasteiger charge is -2.36. The molecule has 1 N–H and O–H groups in total. The zero-order chi connectivity index (χ0) is 28.5. The Morgan fingerprint density at radius 3 is 2.15 bits per heavy atom. The highest BCUT2D eigenvalue weighted by atomic mass is 35.5. The Bertz CT molecular complexity index is 1240. The number of amides is 2. The van der Waals surface area contributed by atoms with E-state index in [1.165, 1.54) is 0 Å². The SMILES string of the molecule is COc1cccc(CO[C@H](CN2CCN(C(=O)Nc3cc(OC)c(OC)c(OC)c3)CC2)c2ccc(Cl)cc2)c1. The molecule has 1 saturated heterocycles. The molecule has 0 saturated carbocycles. The van der Waals surface area contributed by atoms with Crippen molar-refractivity contribution in [1.82, 2.24) is 9.80 Å². The molecule has 1 aliphatic heterocycles. The lowest BCUT2D eigenvalue weighted by Crippen LogP contribution is -2.50.